The standard InChI is InChI=1S/C16H24ClN/c1-2-13-6-5-10-16(18,11-9-13)12-14-7-3-4-8-15(14)17/h3-4,7-8,13H,2,5-6,9-12,18H2,1H3. The number of rotatable bonds is 3. The lowest BCUT2D eigenvalue weighted by Gasteiger charge is -2.28. The summed E-state index contributed by atoms with van der Waals surface area (Å²) in [7, 11) is 0. The molecule has 2 heteroatoms. The minimum Gasteiger partial charge on any atom is -0.325 e. The quantitative estimate of drug-likeness (QED) is 0.796. The van der Waals surface area contributed by atoms with E-state index in [2.05, 4.69) is 19.1 Å². The van der Waals surface area contributed by atoms with Gasteiger partial charge in [0.15, 0.2) is 0 Å². The molecule has 1 aromatic rings. The average molecular weight is 266 g/mol. The zero-order chi connectivity index (χ0) is 13.0. The van der Waals surface area contributed by atoms with Crippen molar-refractivity contribution < 1.29 is 0 Å². The van der Waals surface area contributed by atoms with Gasteiger partial charge in [-0.1, -0.05) is 56.0 Å². The van der Waals surface area contributed by atoms with Crippen molar-refractivity contribution in [3.05, 3.63) is 34.9 Å². The predicted molar refractivity (Wildman–Crippen MR) is 78.9 cm³/mol. The molecule has 1 aliphatic rings. The molecule has 1 fully saturated rings. The van der Waals surface area contributed by atoms with Gasteiger partial charge in [-0.15, -0.1) is 0 Å². The van der Waals surface area contributed by atoms with Crippen LogP contribution >= 0.6 is 11.6 Å². The molecule has 0 spiro atoms. The average Bonchev–Trinajstić information content (AvgIpc) is 2.54. The summed E-state index contributed by atoms with van der Waals surface area (Å²) in [5, 5.41) is 0.860. The maximum atomic E-state index is 6.62. The Hall–Kier alpha value is -0.530. The normalized spacial score (nSPS) is 28.9. The van der Waals surface area contributed by atoms with Crippen molar-refractivity contribution in [2.75, 3.05) is 0 Å². The summed E-state index contributed by atoms with van der Waals surface area (Å²) >= 11 is 6.25. The highest BCUT2D eigenvalue weighted by Gasteiger charge is 2.29. The second kappa shape index (κ2) is 6.08. The topological polar surface area (TPSA) is 26.0 Å². The van der Waals surface area contributed by atoms with Crippen LogP contribution < -0.4 is 5.73 Å². The van der Waals surface area contributed by atoms with Gasteiger partial charge in [-0.2, -0.15) is 0 Å². The highest BCUT2D eigenvalue weighted by Crippen LogP contribution is 2.33. The minimum absolute atomic E-state index is 0.0467. The fourth-order valence-corrected chi connectivity index (χ4v) is 3.31. The minimum atomic E-state index is -0.0467. The molecule has 0 aliphatic heterocycles. The first-order valence-corrected chi connectivity index (χ1v) is 7.53. The zero-order valence-electron chi connectivity index (χ0n) is 11.3. The van der Waals surface area contributed by atoms with Crippen LogP contribution in [0.4, 0.5) is 0 Å². The molecule has 0 amide bonds. The van der Waals surface area contributed by atoms with E-state index in [9.17, 15) is 0 Å². The Balaban J connectivity index is 2.05. The first kappa shape index (κ1) is 13.9. The van der Waals surface area contributed by atoms with Crippen molar-refractivity contribution in [1.82, 2.24) is 0 Å². The summed E-state index contributed by atoms with van der Waals surface area (Å²) in [6, 6.07) is 8.11. The van der Waals surface area contributed by atoms with Crippen LogP contribution in [0.25, 0.3) is 0 Å². The molecule has 2 rings (SSSR count). The van der Waals surface area contributed by atoms with Crippen molar-refractivity contribution in [3.8, 4) is 0 Å². The maximum absolute atomic E-state index is 6.62. The third-order valence-corrected chi connectivity index (χ3v) is 4.78. The zero-order valence-corrected chi connectivity index (χ0v) is 12.0. The third-order valence-electron chi connectivity index (χ3n) is 4.42. The van der Waals surface area contributed by atoms with Gasteiger partial charge < -0.3 is 5.73 Å². The van der Waals surface area contributed by atoms with Crippen molar-refractivity contribution in [1.29, 1.82) is 0 Å². The molecule has 2 atom stereocenters. The van der Waals surface area contributed by atoms with E-state index < -0.39 is 0 Å². The van der Waals surface area contributed by atoms with Crippen LogP contribution in [0.15, 0.2) is 24.3 Å². The van der Waals surface area contributed by atoms with Gasteiger partial charge in [0.05, 0.1) is 0 Å². The second-order valence-corrected chi connectivity index (χ2v) is 6.24. The molecule has 1 aliphatic carbocycles. The molecule has 0 saturated heterocycles. The molecule has 2 N–H and O–H groups in total. The van der Waals surface area contributed by atoms with Crippen LogP contribution in [0.3, 0.4) is 0 Å². The number of halogens is 1. The maximum Gasteiger partial charge on any atom is 0.0438 e. The Bertz CT molecular complexity index is 390. The van der Waals surface area contributed by atoms with Crippen LogP contribution in [0.1, 0.15) is 51.0 Å². The summed E-state index contributed by atoms with van der Waals surface area (Å²) in [6.45, 7) is 2.29. The van der Waals surface area contributed by atoms with Gasteiger partial charge in [-0.3, -0.25) is 0 Å². The van der Waals surface area contributed by atoms with E-state index in [0.29, 0.717) is 0 Å². The molecule has 18 heavy (non-hydrogen) atoms. The molecule has 0 radical (unpaired) electrons. The Labute approximate surface area is 116 Å². The van der Waals surface area contributed by atoms with Crippen LogP contribution in [-0.4, -0.2) is 5.54 Å². The first-order valence-electron chi connectivity index (χ1n) is 7.15. The van der Waals surface area contributed by atoms with Crippen LogP contribution in [-0.2, 0) is 6.42 Å². The van der Waals surface area contributed by atoms with Crippen LogP contribution in [0.5, 0.6) is 0 Å². The van der Waals surface area contributed by atoms with Gasteiger partial charge in [0, 0.05) is 10.6 Å². The van der Waals surface area contributed by atoms with Gasteiger partial charge >= 0.3 is 0 Å². The van der Waals surface area contributed by atoms with E-state index in [-0.39, 0.29) is 5.54 Å². The summed E-state index contributed by atoms with van der Waals surface area (Å²) in [5.74, 6) is 0.877. The lowest BCUT2D eigenvalue weighted by molar-refractivity contribution is 0.358. The second-order valence-electron chi connectivity index (χ2n) is 5.84. The van der Waals surface area contributed by atoms with Gasteiger partial charge in [0.2, 0.25) is 0 Å². The SMILES string of the molecule is CCC1CCCC(N)(Cc2ccccc2Cl)CC1. The van der Waals surface area contributed by atoms with Crippen molar-refractivity contribution in [2.24, 2.45) is 11.7 Å². The Morgan fingerprint density at radius 1 is 1.28 bits per heavy atom. The Morgan fingerprint density at radius 3 is 2.78 bits per heavy atom. The number of hydrogen-bond donors (Lipinski definition) is 1. The third kappa shape index (κ3) is 3.49. The van der Waals surface area contributed by atoms with E-state index in [1.165, 1.54) is 31.2 Å². The van der Waals surface area contributed by atoms with Gasteiger partial charge in [-0.05, 0) is 43.2 Å². The van der Waals surface area contributed by atoms with E-state index >= 15 is 0 Å². The molecule has 0 bridgehead atoms. The number of benzene rings is 1. The van der Waals surface area contributed by atoms with Gasteiger partial charge in [-0.25, -0.2) is 0 Å². The van der Waals surface area contributed by atoms with E-state index in [4.69, 9.17) is 17.3 Å². The van der Waals surface area contributed by atoms with Gasteiger partial charge in [0.1, 0.15) is 0 Å². The Kier molecular flexibility index (Phi) is 4.69. The highest BCUT2D eigenvalue weighted by atomic mass is 35.5. The molecule has 100 valence electrons. The molecular weight excluding hydrogens is 242 g/mol. The van der Waals surface area contributed by atoms with Crippen molar-refractivity contribution >= 4 is 11.6 Å². The molecule has 0 aromatic heterocycles. The molecule has 2 unspecified atom stereocenters. The lowest BCUT2D eigenvalue weighted by Crippen LogP contribution is -2.41. The summed E-state index contributed by atoms with van der Waals surface area (Å²) in [6.07, 6.45) is 8.37. The van der Waals surface area contributed by atoms with Crippen LogP contribution in [0, 0.1) is 5.92 Å². The molecule has 1 aromatic carbocycles. The molecule has 1 saturated carbocycles. The van der Waals surface area contributed by atoms with Gasteiger partial charge in [0.25, 0.3) is 0 Å². The summed E-state index contributed by atoms with van der Waals surface area (Å²) in [5.41, 5.74) is 7.78. The first-order chi connectivity index (χ1) is 8.63. The fourth-order valence-electron chi connectivity index (χ4n) is 3.11. The van der Waals surface area contributed by atoms with Crippen molar-refractivity contribution in [2.45, 2.75) is 57.4 Å². The smallest absolute Gasteiger partial charge is 0.0438 e. The lowest BCUT2D eigenvalue weighted by atomic mass is 9.84. The number of hydrogen-bond acceptors (Lipinski definition) is 1. The Morgan fingerprint density at radius 2 is 2.06 bits per heavy atom. The van der Waals surface area contributed by atoms with Crippen molar-refractivity contribution in [3.63, 3.8) is 0 Å². The molecule has 1 nitrogen and oxygen atoms in total. The van der Waals surface area contributed by atoms with E-state index in [1.54, 1.807) is 0 Å². The van der Waals surface area contributed by atoms with E-state index in [0.717, 1.165) is 30.2 Å². The number of nitrogens with two attached hydrogens (primary N) is 1. The van der Waals surface area contributed by atoms with Crippen LogP contribution in [0.2, 0.25) is 5.02 Å². The highest BCUT2D eigenvalue weighted by molar-refractivity contribution is 6.31. The summed E-state index contributed by atoms with van der Waals surface area (Å²) in [4.78, 5) is 0. The molecule has 0 heterocycles. The summed E-state index contributed by atoms with van der Waals surface area (Å²) < 4.78 is 0. The fraction of sp³-hybridized carbons (Fsp3) is 0.625. The largest absolute Gasteiger partial charge is 0.325 e. The van der Waals surface area contributed by atoms with E-state index in [1.807, 2.05) is 12.1 Å². The monoisotopic (exact) mass is 265 g/mol. The molecular formula is C16H24ClN. The predicted octanol–water partition coefficient (Wildman–Crippen LogP) is 4.57.